The summed E-state index contributed by atoms with van der Waals surface area (Å²) in [5, 5.41) is 14.9. The van der Waals surface area contributed by atoms with Crippen LogP contribution in [0.5, 0.6) is 5.75 Å². The van der Waals surface area contributed by atoms with Gasteiger partial charge in [0.2, 0.25) is 0 Å². The van der Waals surface area contributed by atoms with Gasteiger partial charge < -0.3 is 5.11 Å². The zero-order valence-corrected chi connectivity index (χ0v) is 16.0. The Bertz CT molecular complexity index is 1550. The molecule has 3 aromatic carbocycles. The van der Waals surface area contributed by atoms with Crippen molar-refractivity contribution in [3.8, 4) is 11.6 Å². The van der Waals surface area contributed by atoms with Crippen LogP contribution in [-0.2, 0) is 0 Å². The normalized spacial score (nSPS) is 11.9. The van der Waals surface area contributed by atoms with Crippen molar-refractivity contribution >= 4 is 66.6 Å². The number of fused-ring (bicyclic) bond motifs is 6. The Labute approximate surface area is 165 Å². The maximum absolute atomic E-state index is 10.2. The van der Waals surface area contributed by atoms with Crippen LogP contribution in [0.15, 0.2) is 72.9 Å². The minimum absolute atomic E-state index is 0.261. The van der Waals surface area contributed by atoms with Gasteiger partial charge in [-0.05, 0) is 30.3 Å². The summed E-state index contributed by atoms with van der Waals surface area (Å²) in [5.74, 6) is 1.17. The van der Waals surface area contributed by atoms with Crippen LogP contribution in [0, 0.1) is 0 Å². The molecule has 0 aliphatic rings. The van der Waals surface area contributed by atoms with Crippen LogP contribution in [-0.4, -0.2) is 22.5 Å². The highest BCUT2D eigenvalue weighted by molar-refractivity contribution is 7.26. The summed E-state index contributed by atoms with van der Waals surface area (Å²) in [7, 11) is 2.11. The second-order valence-corrected chi connectivity index (χ2v) is 8.22. The molecule has 0 aliphatic carbocycles. The second-order valence-electron chi connectivity index (χ2n) is 7.17. The quantitative estimate of drug-likeness (QED) is 0.428. The number of nitrogens with zero attached hydrogens (tertiary/aromatic N) is 2. The smallest absolute Gasteiger partial charge is 0.155 e. The van der Waals surface area contributed by atoms with E-state index in [4.69, 9.17) is 4.98 Å². The van der Waals surface area contributed by atoms with Gasteiger partial charge in [-0.1, -0.05) is 35.8 Å². The summed E-state index contributed by atoms with van der Waals surface area (Å²) in [6.07, 6.45) is 1.88. The van der Waals surface area contributed by atoms with Crippen molar-refractivity contribution in [3.63, 3.8) is 0 Å². The van der Waals surface area contributed by atoms with Crippen molar-refractivity contribution in [2.75, 3.05) is 0 Å². The highest BCUT2D eigenvalue weighted by atomic mass is 32.1. The van der Waals surface area contributed by atoms with Gasteiger partial charge in [0.05, 0.1) is 15.7 Å². The molecule has 0 saturated carbocycles. The molecule has 1 N–H and O–H groups in total. The van der Waals surface area contributed by atoms with E-state index in [2.05, 4.69) is 60.9 Å². The van der Waals surface area contributed by atoms with E-state index in [1.54, 1.807) is 17.4 Å². The minimum atomic E-state index is 0.261. The maximum atomic E-state index is 10.2. The van der Waals surface area contributed by atoms with E-state index < -0.39 is 0 Å². The molecule has 3 aromatic heterocycles. The number of aromatic nitrogens is 2. The number of pyridine rings is 1. The minimum Gasteiger partial charge on any atom is -0.508 e. The second kappa shape index (κ2) is 5.60. The fraction of sp³-hybridized carbons (Fsp3) is 0. The topological polar surface area (TPSA) is 38.0 Å². The summed E-state index contributed by atoms with van der Waals surface area (Å²) in [6.45, 7) is 0. The zero-order chi connectivity index (χ0) is 18.8. The molecule has 0 amide bonds. The summed E-state index contributed by atoms with van der Waals surface area (Å²) < 4.78 is 4.60. The third-order valence-electron chi connectivity index (χ3n) is 5.39. The Morgan fingerprint density at radius 2 is 1.71 bits per heavy atom. The number of benzene rings is 3. The average molecular weight is 378 g/mol. The van der Waals surface area contributed by atoms with Gasteiger partial charge in [-0.2, -0.15) is 0 Å². The van der Waals surface area contributed by atoms with Crippen molar-refractivity contribution < 1.29 is 5.11 Å². The largest absolute Gasteiger partial charge is 0.508 e. The van der Waals surface area contributed by atoms with Gasteiger partial charge >= 0.3 is 0 Å². The Balaban J connectivity index is 1.83. The van der Waals surface area contributed by atoms with Crippen LogP contribution < -0.4 is 5.46 Å². The molecule has 6 rings (SSSR count). The molecule has 132 valence electrons. The van der Waals surface area contributed by atoms with Crippen molar-refractivity contribution in [2.24, 2.45) is 0 Å². The SMILES string of the molecule is Bc1ccc2c(c1)c1ccc(O)cc1n2-c1nccc2c1sc1ccccc12. The Morgan fingerprint density at radius 1 is 0.821 bits per heavy atom. The van der Waals surface area contributed by atoms with Gasteiger partial charge in [0, 0.05) is 38.5 Å². The highest BCUT2D eigenvalue weighted by Crippen LogP contribution is 2.39. The number of thiophene rings is 1. The third kappa shape index (κ3) is 2.08. The summed E-state index contributed by atoms with van der Waals surface area (Å²) >= 11 is 1.77. The molecule has 0 radical (unpaired) electrons. The molecule has 3 heterocycles. The van der Waals surface area contributed by atoms with Crippen molar-refractivity contribution in [1.29, 1.82) is 0 Å². The van der Waals surface area contributed by atoms with Crippen LogP contribution in [0.2, 0.25) is 0 Å². The predicted molar refractivity (Wildman–Crippen MR) is 121 cm³/mol. The fourth-order valence-electron chi connectivity index (χ4n) is 4.15. The first-order chi connectivity index (χ1) is 13.7. The van der Waals surface area contributed by atoms with E-state index in [0.717, 1.165) is 26.9 Å². The first-order valence-electron chi connectivity index (χ1n) is 9.21. The molecule has 0 saturated heterocycles. The number of phenols is 1. The number of hydrogen-bond acceptors (Lipinski definition) is 3. The molecule has 3 nitrogen and oxygen atoms in total. The average Bonchev–Trinajstić information content (AvgIpc) is 3.23. The molecule has 28 heavy (non-hydrogen) atoms. The highest BCUT2D eigenvalue weighted by Gasteiger charge is 2.17. The molecule has 0 atom stereocenters. The molecule has 0 unspecified atom stereocenters. The first kappa shape index (κ1) is 15.7. The van der Waals surface area contributed by atoms with Crippen LogP contribution in [0.1, 0.15) is 0 Å². The molecular weight excluding hydrogens is 363 g/mol. The van der Waals surface area contributed by atoms with Gasteiger partial charge in [0.1, 0.15) is 13.6 Å². The molecule has 0 spiro atoms. The van der Waals surface area contributed by atoms with Crippen LogP contribution in [0.4, 0.5) is 0 Å². The lowest BCUT2D eigenvalue weighted by Crippen LogP contribution is -2.01. The molecule has 0 fully saturated rings. The summed E-state index contributed by atoms with van der Waals surface area (Å²) in [4.78, 5) is 4.79. The maximum Gasteiger partial charge on any atom is 0.155 e. The van der Waals surface area contributed by atoms with Gasteiger partial charge in [-0.15, -0.1) is 11.3 Å². The lowest BCUT2D eigenvalue weighted by atomic mass is 9.94. The van der Waals surface area contributed by atoms with Crippen molar-refractivity contribution in [2.45, 2.75) is 0 Å². The number of aromatic hydroxyl groups is 1. The zero-order valence-electron chi connectivity index (χ0n) is 15.2. The summed E-state index contributed by atoms with van der Waals surface area (Å²) in [5.41, 5.74) is 3.29. The van der Waals surface area contributed by atoms with E-state index in [0.29, 0.717) is 0 Å². The molecule has 0 aliphatic heterocycles. The van der Waals surface area contributed by atoms with Gasteiger partial charge in [0.25, 0.3) is 0 Å². The molecule has 6 aromatic rings. The Hall–Kier alpha value is -3.31. The predicted octanol–water partition coefficient (Wildman–Crippen LogP) is 4.51. The van der Waals surface area contributed by atoms with E-state index >= 15 is 0 Å². The fourth-order valence-corrected chi connectivity index (χ4v) is 5.33. The van der Waals surface area contributed by atoms with Gasteiger partial charge in [-0.3, -0.25) is 4.57 Å². The van der Waals surface area contributed by atoms with E-state index in [1.165, 1.54) is 26.3 Å². The number of phenolic OH excluding ortho intramolecular Hbond substituents is 1. The van der Waals surface area contributed by atoms with Crippen LogP contribution >= 0.6 is 11.3 Å². The number of rotatable bonds is 1. The van der Waals surface area contributed by atoms with E-state index in [-0.39, 0.29) is 5.75 Å². The van der Waals surface area contributed by atoms with Crippen molar-refractivity contribution in [3.05, 3.63) is 72.9 Å². The first-order valence-corrected chi connectivity index (χ1v) is 10.0. The lowest BCUT2D eigenvalue weighted by molar-refractivity contribution is 0.476. The molecular formula is C23H15BN2OS. The van der Waals surface area contributed by atoms with E-state index in [1.807, 2.05) is 18.3 Å². The third-order valence-corrected chi connectivity index (χ3v) is 6.57. The Morgan fingerprint density at radius 3 is 2.64 bits per heavy atom. The Kier molecular flexibility index (Phi) is 3.14. The van der Waals surface area contributed by atoms with Gasteiger partial charge in [-0.25, -0.2) is 4.98 Å². The summed E-state index contributed by atoms with van der Waals surface area (Å²) in [6, 6.07) is 22.6. The lowest BCUT2D eigenvalue weighted by Gasteiger charge is -2.08. The van der Waals surface area contributed by atoms with Gasteiger partial charge in [0.15, 0.2) is 5.82 Å². The molecule has 5 heteroatoms. The monoisotopic (exact) mass is 378 g/mol. The van der Waals surface area contributed by atoms with Crippen LogP contribution in [0.3, 0.4) is 0 Å². The standard InChI is InChI=1S/C23H15BN2OS/c24-13-5-8-19-18(11-13)15-7-6-14(27)12-20(15)26(19)23-22-17(9-10-25-23)16-3-1-2-4-21(16)28-22/h1-12,27H,24H2. The van der Waals surface area contributed by atoms with Crippen molar-refractivity contribution in [1.82, 2.24) is 9.55 Å². The number of hydrogen-bond donors (Lipinski definition) is 1. The molecule has 0 bridgehead atoms. The van der Waals surface area contributed by atoms with Crippen LogP contribution in [0.25, 0.3) is 47.8 Å². The van der Waals surface area contributed by atoms with E-state index in [9.17, 15) is 5.11 Å².